The number of halogens is 1. The van der Waals surface area contributed by atoms with Crippen LogP contribution in [0.2, 0.25) is 0 Å². The predicted octanol–water partition coefficient (Wildman–Crippen LogP) is 2.59. The average Bonchev–Trinajstić information content (AvgIpc) is 2.82. The highest BCUT2D eigenvalue weighted by Crippen LogP contribution is 2.24. The number of aromatic nitrogens is 2. The second kappa shape index (κ2) is 4.79. The molecule has 1 heterocycles. The summed E-state index contributed by atoms with van der Waals surface area (Å²) in [6.45, 7) is 0. The van der Waals surface area contributed by atoms with Gasteiger partial charge in [0.05, 0.1) is 5.88 Å². The normalized spacial score (nSPS) is 16.9. The highest BCUT2D eigenvalue weighted by Gasteiger charge is 2.21. The van der Waals surface area contributed by atoms with E-state index < -0.39 is 0 Å². The zero-order valence-corrected chi connectivity index (χ0v) is 9.74. The van der Waals surface area contributed by atoms with Crippen LogP contribution in [0, 0.1) is 0 Å². The summed E-state index contributed by atoms with van der Waals surface area (Å²) < 4.78 is 0. The molecular formula is C11H16ClN3. The summed E-state index contributed by atoms with van der Waals surface area (Å²) in [5.74, 6) is 1.30. The van der Waals surface area contributed by atoms with Gasteiger partial charge in [0.15, 0.2) is 0 Å². The first-order chi connectivity index (χ1) is 7.31. The molecule has 1 saturated carbocycles. The highest BCUT2D eigenvalue weighted by atomic mass is 35.5. The Balaban J connectivity index is 2.07. The van der Waals surface area contributed by atoms with Crippen molar-refractivity contribution in [3.05, 3.63) is 18.0 Å². The third-order valence-electron chi connectivity index (χ3n) is 3.03. The molecule has 0 saturated heterocycles. The summed E-state index contributed by atoms with van der Waals surface area (Å²) in [4.78, 5) is 10.8. The van der Waals surface area contributed by atoms with E-state index in [1.54, 1.807) is 12.4 Å². The van der Waals surface area contributed by atoms with Crippen LogP contribution in [0.5, 0.6) is 0 Å². The zero-order valence-electron chi connectivity index (χ0n) is 8.99. The molecule has 1 aromatic heterocycles. The highest BCUT2D eigenvalue weighted by molar-refractivity contribution is 6.17. The van der Waals surface area contributed by atoms with E-state index in [0.29, 0.717) is 11.9 Å². The van der Waals surface area contributed by atoms with Gasteiger partial charge in [-0.05, 0) is 12.8 Å². The summed E-state index contributed by atoms with van der Waals surface area (Å²) >= 11 is 5.69. The number of alkyl halides is 1. The Labute approximate surface area is 95.5 Å². The molecule has 1 aromatic rings. The van der Waals surface area contributed by atoms with Crippen molar-refractivity contribution in [3.8, 4) is 0 Å². The minimum absolute atomic E-state index is 0.480. The maximum atomic E-state index is 5.69. The Kier molecular flexibility index (Phi) is 3.41. The van der Waals surface area contributed by atoms with Gasteiger partial charge in [-0.2, -0.15) is 0 Å². The molecular weight excluding hydrogens is 210 g/mol. The van der Waals surface area contributed by atoms with Gasteiger partial charge in [-0.3, -0.25) is 0 Å². The van der Waals surface area contributed by atoms with E-state index >= 15 is 0 Å². The maximum Gasteiger partial charge on any atom is 0.225 e. The lowest BCUT2D eigenvalue weighted by molar-refractivity contribution is 0.638. The van der Waals surface area contributed by atoms with Gasteiger partial charge >= 0.3 is 0 Å². The molecule has 0 bridgehead atoms. The molecule has 0 amide bonds. The van der Waals surface area contributed by atoms with Gasteiger partial charge in [0, 0.05) is 31.0 Å². The fourth-order valence-corrected chi connectivity index (χ4v) is 2.19. The Bertz CT molecular complexity index is 306. The van der Waals surface area contributed by atoms with Gasteiger partial charge in [-0.15, -0.1) is 11.6 Å². The first-order valence-corrected chi connectivity index (χ1v) is 5.94. The molecule has 82 valence electrons. The monoisotopic (exact) mass is 225 g/mol. The predicted molar refractivity (Wildman–Crippen MR) is 62.2 cm³/mol. The molecule has 0 N–H and O–H groups in total. The van der Waals surface area contributed by atoms with Crippen LogP contribution >= 0.6 is 11.6 Å². The molecule has 0 atom stereocenters. The van der Waals surface area contributed by atoms with Crippen LogP contribution in [0.15, 0.2) is 12.4 Å². The lowest BCUT2D eigenvalue weighted by atomic mass is 10.2. The van der Waals surface area contributed by atoms with E-state index in [1.807, 2.05) is 0 Å². The van der Waals surface area contributed by atoms with Crippen molar-refractivity contribution in [3.63, 3.8) is 0 Å². The number of nitrogens with zero attached hydrogens (tertiary/aromatic N) is 3. The topological polar surface area (TPSA) is 29.0 Å². The molecule has 3 nitrogen and oxygen atoms in total. The first-order valence-electron chi connectivity index (χ1n) is 5.41. The smallest absolute Gasteiger partial charge is 0.225 e. The fourth-order valence-electron chi connectivity index (χ4n) is 2.05. The van der Waals surface area contributed by atoms with E-state index in [4.69, 9.17) is 11.6 Å². The number of hydrogen-bond donors (Lipinski definition) is 0. The van der Waals surface area contributed by atoms with Crippen LogP contribution in [0.4, 0.5) is 5.95 Å². The van der Waals surface area contributed by atoms with Gasteiger partial charge in [0.2, 0.25) is 5.95 Å². The lowest BCUT2D eigenvalue weighted by Crippen LogP contribution is -2.30. The number of anilines is 1. The second-order valence-electron chi connectivity index (χ2n) is 4.07. The number of rotatable bonds is 3. The Morgan fingerprint density at radius 3 is 2.47 bits per heavy atom. The van der Waals surface area contributed by atoms with Gasteiger partial charge in [-0.1, -0.05) is 12.8 Å². The third kappa shape index (κ3) is 2.40. The largest absolute Gasteiger partial charge is 0.341 e. The molecule has 0 aromatic carbocycles. The van der Waals surface area contributed by atoms with Crippen molar-refractivity contribution < 1.29 is 0 Å². The summed E-state index contributed by atoms with van der Waals surface area (Å²) in [6.07, 6.45) is 8.79. The van der Waals surface area contributed by atoms with Crippen molar-refractivity contribution >= 4 is 17.5 Å². The molecule has 15 heavy (non-hydrogen) atoms. The molecule has 4 heteroatoms. The Morgan fingerprint density at radius 1 is 1.33 bits per heavy atom. The summed E-state index contributed by atoms with van der Waals surface area (Å²) in [5, 5.41) is 0. The summed E-state index contributed by atoms with van der Waals surface area (Å²) in [7, 11) is 2.08. The van der Waals surface area contributed by atoms with Gasteiger partial charge in [0.25, 0.3) is 0 Å². The first kappa shape index (κ1) is 10.7. The molecule has 1 aliphatic rings. The van der Waals surface area contributed by atoms with Crippen molar-refractivity contribution in [2.75, 3.05) is 11.9 Å². The van der Waals surface area contributed by atoms with Crippen LogP contribution in [-0.2, 0) is 5.88 Å². The van der Waals surface area contributed by atoms with Crippen LogP contribution in [0.3, 0.4) is 0 Å². The van der Waals surface area contributed by atoms with Crippen molar-refractivity contribution in [2.45, 2.75) is 37.6 Å². The average molecular weight is 226 g/mol. The van der Waals surface area contributed by atoms with E-state index in [0.717, 1.165) is 11.5 Å². The van der Waals surface area contributed by atoms with Crippen molar-refractivity contribution in [1.29, 1.82) is 0 Å². The minimum atomic E-state index is 0.480. The third-order valence-corrected chi connectivity index (χ3v) is 3.34. The molecule has 0 spiro atoms. The van der Waals surface area contributed by atoms with Crippen LogP contribution < -0.4 is 4.90 Å². The number of hydrogen-bond acceptors (Lipinski definition) is 3. The maximum absolute atomic E-state index is 5.69. The van der Waals surface area contributed by atoms with E-state index in [-0.39, 0.29) is 0 Å². The summed E-state index contributed by atoms with van der Waals surface area (Å²) in [5.41, 5.74) is 0.972. The van der Waals surface area contributed by atoms with Crippen molar-refractivity contribution in [1.82, 2.24) is 9.97 Å². The van der Waals surface area contributed by atoms with Gasteiger partial charge in [-0.25, -0.2) is 9.97 Å². The molecule has 2 rings (SSSR count). The SMILES string of the molecule is CN(c1ncc(CCl)cn1)C1CCCC1. The lowest BCUT2D eigenvalue weighted by Gasteiger charge is -2.23. The van der Waals surface area contributed by atoms with E-state index in [2.05, 4.69) is 21.9 Å². The van der Waals surface area contributed by atoms with Gasteiger partial charge in [0.1, 0.15) is 0 Å². The van der Waals surface area contributed by atoms with E-state index in [9.17, 15) is 0 Å². The quantitative estimate of drug-likeness (QED) is 0.741. The molecule has 0 aliphatic heterocycles. The second-order valence-corrected chi connectivity index (χ2v) is 4.34. The molecule has 0 unspecified atom stereocenters. The minimum Gasteiger partial charge on any atom is -0.341 e. The van der Waals surface area contributed by atoms with Crippen LogP contribution in [-0.4, -0.2) is 23.1 Å². The van der Waals surface area contributed by atoms with Crippen LogP contribution in [0.25, 0.3) is 0 Å². The Hall–Kier alpha value is -0.830. The molecule has 1 aliphatic carbocycles. The molecule has 0 radical (unpaired) electrons. The molecule has 1 fully saturated rings. The Morgan fingerprint density at radius 2 is 1.93 bits per heavy atom. The van der Waals surface area contributed by atoms with Crippen molar-refractivity contribution in [2.24, 2.45) is 0 Å². The van der Waals surface area contributed by atoms with E-state index in [1.165, 1.54) is 25.7 Å². The standard InChI is InChI=1S/C11H16ClN3/c1-15(10-4-2-3-5-10)11-13-7-9(6-12)8-14-11/h7-8,10H,2-6H2,1H3. The van der Waals surface area contributed by atoms with Crippen LogP contribution in [0.1, 0.15) is 31.2 Å². The zero-order chi connectivity index (χ0) is 10.7. The fraction of sp³-hybridized carbons (Fsp3) is 0.636. The summed E-state index contributed by atoms with van der Waals surface area (Å²) in [6, 6.07) is 0.617. The van der Waals surface area contributed by atoms with Gasteiger partial charge < -0.3 is 4.90 Å².